The molecule has 0 radical (unpaired) electrons. The third-order valence-corrected chi connectivity index (χ3v) is 2.40. The van der Waals surface area contributed by atoms with Crippen LogP contribution in [-0.4, -0.2) is 33.1 Å². The number of fused-ring (bicyclic) bond motifs is 1. The lowest BCUT2D eigenvalue weighted by molar-refractivity contribution is 0.153. The first-order chi connectivity index (χ1) is 7.56. The highest BCUT2D eigenvalue weighted by Crippen LogP contribution is 2.13. The number of nitrogens with one attached hydrogen (secondary N) is 1. The number of aromatic nitrogens is 2. The third-order valence-electron chi connectivity index (χ3n) is 2.40. The molecule has 0 bridgehead atoms. The van der Waals surface area contributed by atoms with Crippen LogP contribution in [-0.2, 0) is 6.54 Å². The minimum Gasteiger partial charge on any atom is -0.465 e. The minimum absolute atomic E-state index is 0.267. The number of carboxylic acid groups (broad SMARTS) is 1. The molecule has 0 aliphatic heterocycles. The lowest BCUT2D eigenvalue weighted by Crippen LogP contribution is -2.24. The molecule has 16 heavy (non-hydrogen) atoms. The number of rotatable bonds is 2. The fourth-order valence-corrected chi connectivity index (χ4v) is 1.54. The zero-order valence-electron chi connectivity index (χ0n) is 9.19. The Labute approximate surface area is 92.7 Å². The van der Waals surface area contributed by atoms with Gasteiger partial charge in [-0.05, 0) is 24.6 Å². The highest BCUT2D eigenvalue weighted by Gasteiger charge is 2.09. The Morgan fingerprint density at radius 1 is 1.56 bits per heavy atom. The van der Waals surface area contributed by atoms with Crippen LogP contribution in [0.5, 0.6) is 0 Å². The first-order valence-electron chi connectivity index (χ1n) is 4.95. The molecule has 0 fully saturated rings. The molecule has 1 aromatic carbocycles. The van der Waals surface area contributed by atoms with Gasteiger partial charge in [0.25, 0.3) is 0 Å². The van der Waals surface area contributed by atoms with E-state index in [4.69, 9.17) is 5.11 Å². The number of nitrogens with zero attached hydrogens (tertiary/aromatic N) is 2. The van der Waals surface area contributed by atoms with E-state index in [-0.39, 0.29) is 6.54 Å². The van der Waals surface area contributed by atoms with Gasteiger partial charge < -0.3 is 15.0 Å². The molecule has 2 N–H and O–H groups in total. The zero-order valence-corrected chi connectivity index (χ0v) is 9.19. The summed E-state index contributed by atoms with van der Waals surface area (Å²) in [4.78, 5) is 19.3. The van der Waals surface area contributed by atoms with Crippen molar-refractivity contribution in [1.29, 1.82) is 0 Å². The van der Waals surface area contributed by atoms with Crippen molar-refractivity contribution < 1.29 is 9.90 Å². The Balaban J connectivity index is 2.29. The van der Waals surface area contributed by atoms with Crippen LogP contribution in [0, 0.1) is 6.92 Å². The second-order valence-corrected chi connectivity index (χ2v) is 3.84. The maximum Gasteiger partial charge on any atom is 0.407 e. The molecule has 0 aliphatic carbocycles. The van der Waals surface area contributed by atoms with Crippen molar-refractivity contribution in [2.24, 2.45) is 0 Å². The van der Waals surface area contributed by atoms with E-state index in [2.05, 4.69) is 9.97 Å². The quantitative estimate of drug-likeness (QED) is 0.811. The lowest BCUT2D eigenvalue weighted by Gasteiger charge is -2.09. The van der Waals surface area contributed by atoms with Crippen LogP contribution < -0.4 is 0 Å². The van der Waals surface area contributed by atoms with Gasteiger partial charge in [-0.25, -0.2) is 9.78 Å². The molecule has 84 valence electrons. The number of hydrogen-bond donors (Lipinski definition) is 2. The smallest absolute Gasteiger partial charge is 0.407 e. The van der Waals surface area contributed by atoms with Crippen LogP contribution in [0.3, 0.4) is 0 Å². The van der Waals surface area contributed by atoms with Gasteiger partial charge in [0.05, 0.1) is 17.6 Å². The van der Waals surface area contributed by atoms with Gasteiger partial charge in [-0.2, -0.15) is 0 Å². The zero-order chi connectivity index (χ0) is 11.7. The SMILES string of the molecule is Cc1ccc2nc(CN(C)C(=O)O)[nH]c2c1. The maximum atomic E-state index is 10.7. The van der Waals surface area contributed by atoms with E-state index in [9.17, 15) is 4.79 Å². The summed E-state index contributed by atoms with van der Waals surface area (Å²) >= 11 is 0. The summed E-state index contributed by atoms with van der Waals surface area (Å²) < 4.78 is 0. The Morgan fingerprint density at radius 2 is 2.31 bits per heavy atom. The predicted octanol–water partition coefficient (Wildman–Crippen LogP) is 1.98. The van der Waals surface area contributed by atoms with E-state index in [0.717, 1.165) is 16.6 Å². The van der Waals surface area contributed by atoms with Crippen LogP contribution in [0.25, 0.3) is 11.0 Å². The maximum absolute atomic E-state index is 10.7. The molecule has 0 spiro atoms. The van der Waals surface area contributed by atoms with Crippen LogP contribution in [0.2, 0.25) is 0 Å². The molecular weight excluding hydrogens is 206 g/mol. The van der Waals surface area contributed by atoms with Crippen molar-refractivity contribution in [3.05, 3.63) is 29.6 Å². The number of benzene rings is 1. The monoisotopic (exact) mass is 219 g/mol. The van der Waals surface area contributed by atoms with Gasteiger partial charge in [0.2, 0.25) is 0 Å². The van der Waals surface area contributed by atoms with Gasteiger partial charge in [-0.15, -0.1) is 0 Å². The molecule has 0 unspecified atom stereocenters. The van der Waals surface area contributed by atoms with Crippen LogP contribution >= 0.6 is 0 Å². The van der Waals surface area contributed by atoms with E-state index in [0.29, 0.717) is 5.82 Å². The largest absolute Gasteiger partial charge is 0.465 e. The van der Waals surface area contributed by atoms with Gasteiger partial charge in [0, 0.05) is 7.05 Å². The van der Waals surface area contributed by atoms with E-state index < -0.39 is 6.09 Å². The average Bonchev–Trinajstić information content (AvgIpc) is 2.58. The number of hydrogen-bond acceptors (Lipinski definition) is 2. The summed E-state index contributed by atoms with van der Waals surface area (Å²) in [5.74, 6) is 0.658. The molecule has 1 amide bonds. The number of H-pyrrole nitrogens is 1. The molecule has 0 saturated heterocycles. The molecule has 1 aromatic heterocycles. The molecule has 1 heterocycles. The molecule has 5 heteroatoms. The topological polar surface area (TPSA) is 69.2 Å². The van der Waals surface area contributed by atoms with Gasteiger partial charge in [-0.3, -0.25) is 0 Å². The van der Waals surface area contributed by atoms with Crippen LogP contribution in [0.15, 0.2) is 18.2 Å². The number of carbonyl (C=O) groups is 1. The summed E-state index contributed by atoms with van der Waals surface area (Å²) in [5, 5.41) is 8.75. The number of aromatic amines is 1. The number of amides is 1. The standard InChI is InChI=1S/C11H13N3O2/c1-7-3-4-8-9(5-7)13-10(12-8)6-14(2)11(15)16/h3-5H,6H2,1-2H3,(H,12,13)(H,15,16). The van der Waals surface area contributed by atoms with E-state index in [1.165, 1.54) is 11.9 Å². The molecule has 2 rings (SSSR count). The van der Waals surface area contributed by atoms with E-state index in [1.807, 2.05) is 25.1 Å². The molecule has 0 atom stereocenters. The summed E-state index contributed by atoms with van der Waals surface area (Å²) in [6, 6.07) is 5.89. The summed E-state index contributed by atoms with van der Waals surface area (Å²) in [6.07, 6.45) is -0.961. The van der Waals surface area contributed by atoms with Gasteiger partial charge in [0.15, 0.2) is 0 Å². The van der Waals surface area contributed by atoms with Crippen molar-refractivity contribution in [2.45, 2.75) is 13.5 Å². The highest BCUT2D eigenvalue weighted by molar-refractivity contribution is 5.75. The van der Waals surface area contributed by atoms with Crippen molar-refractivity contribution in [3.63, 3.8) is 0 Å². The average molecular weight is 219 g/mol. The summed E-state index contributed by atoms with van der Waals surface area (Å²) in [6.45, 7) is 2.27. The second kappa shape index (κ2) is 3.84. The minimum atomic E-state index is -0.961. The fraction of sp³-hybridized carbons (Fsp3) is 0.273. The molecule has 0 aliphatic rings. The van der Waals surface area contributed by atoms with Gasteiger partial charge in [-0.1, -0.05) is 6.07 Å². The molecule has 5 nitrogen and oxygen atoms in total. The molecular formula is C11H13N3O2. The predicted molar refractivity (Wildman–Crippen MR) is 60.3 cm³/mol. The number of imidazole rings is 1. The second-order valence-electron chi connectivity index (χ2n) is 3.84. The van der Waals surface area contributed by atoms with Crippen molar-refractivity contribution >= 4 is 17.1 Å². The summed E-state index contributed by atoms with van der Waals surface area (Å²) in [5.41, 5.74) is 2.95. The van der Waals surface area contributed by atoms with Crippen LogP contribution in [0.1, 0.15) is 11.4 Å². The van der Waals surface area contributed by atoms with E-state index in [1.54, 1.807) is 0 Å². The Bertz CT molecular complexity index is 533. The molecule has 2 aromatic rings. The highest BCUT2D eigenvalue weighted by atomic mass is 16.4. The molecule has 0 saturated carbocycles. The summed E-state index contributed by atoms with van der Waals surface area (Å²) in [7, 11) is 1.51. The normalized spacial score (nSPS) is 10.6. The van der Waals surface area contributed by atoms with E-state index >= 15 is 0 Å². The third kappa shape index (κ3) is 1.98. The Kier molecular flexibility index (Phi) is 2.52. The van der Waals surface area contributed by atoms with Gasteiger partial charge in [0.1, 0.15) is 5.82 Å². The van der Waals surface area contributed by atoms with Crippen molar-refractivity contribution in [2.75, 3.05) is 7.05 Å². The first-order valence-corrected chi connectivity index (χ1v) is 4.95. The van der Waals surface area contributed by atoms with Gasteiger partial charge >= 0.3 is 6.09 Å². The lowest BCUT2D eigenvalue weighted by atomic mass is 10.2. The van der Waals surface area contributed by atoms with Crippen molar-refractivity contribution in [3.8, 4) is 0 Å². The first kappa shape index (κ1) is 10.5. The van der Waals surface area contributed by atoms with Crippen LogP contribution in [0.4, 0.5) is 4.79 Å². The fourth-order valence-electron chi connectivity index (χ4n) is 1.54. The number of aryl methyl sites for hydroxylation is 1. The Hall–Kier alpha value is -2.04. The van der Waals surface area contributed by atoms with Crippen molar-refractivity contribution in [1.82, 2.24) is 14.9 Å². The Morgan fingerprint density at radius 3 is 3.00 bits per heavy atom.